The lowest BCUT2D eigenvalue weighted by Crippen LogP contribution is -2.04. The van der Waals surface area contributed by atoms with Gasteiger partial charge in [0.2, 0.25) is 0 Å². The van der Waals surface area contributed by atoms with Crippen LogP contribution in [0.4, 0.5) is 0 Å². The number of para-hydroxylation sites is 4. The van der Waals surface area contributed by atoms with Crippen LogP contribution >= 0.6 is 0 Å². The van der Waals surface area contributed by atoms with E-state index in [1.807, 2.05) is 48.5 Å². The lowest BCUT2D eigenvalue weighted by atomic mass is 10.0. The second-order valence-electron chi connectivity index (χ2n) is 12.5. The molecule has 0 aliphatic carbocycles. The summed E-state index contributed by atoms with van der Waals surface area (Å²) in [5.41, 5.74) is 9.76. The maximum Gasteiger partial charge on any atom is 0.165 e. The topological polar surface area (TPSA) is 58.9 Å². The van der Waals surface area contributed by atoms with Crippen molar-refractivity contribution in [3.63, 3.8) is 0 Å². The van der Waals surface area contributed by atoms with Gasteiger partial charge in [-0.2, -0.15) is 5.26 Å². The van der Waals surface area contributed by atoms with Gasteiger partial charge in [0.1, 0.15) is 5.69 Å². The Morgan fingerprint density at radius 1 is 0.500 bits per heavy atom. The molecule has 11 rings (SSSR count). The second kappa shape index (κ2) is 9.16. The highest BCUT2D eigenvalue weighted by Gasteiger charge is 2.27. The highest BCUT2D eigenvalue weighted by atomic mass is 15.1. The van der Waals surface area contributed by atoms with Gasteiger partial charge in [-0.05, 0) is 47.9 Å². The lowest BCUT2D eigenvalue weighted by Gasteiger charge is -2.14. The number of hydrogen-bond donors (Lipinski definition) is 0. The predicted octanol–water partition coefficient (Wildman–Crippen LogP) is 10.6. The van der Waals surface area contributed by atoms with Crippen molar-refractivity contribution in [2.24, 2.45) is 0 Å². The number of hydrogen-bond acceptors (Lipinski definition) is 3. The third kappa shape index (κ3) is 3.18. The Labute approximate surface area is 273 Å². The van der Waals surface area contributed by atoms with Gasteiger partial charge >= 0.3 is 0 Å². The number of nitrogens with zero attached hydrogens (tertiary/aromatic N) is 5. The van der Waals surface area contributed by atoms with Crippen LogP contribution in [0.2, 0.25) is 0 Å². The Bertz CT molecular complexity index is 3170. The highest BCUT2D eigenvalue weighted by molar-refractivity contribution is 6.36. The molecule has 0 amide bonds. The molecule has 0 aliphatic heterocycles. The molecule has 48 heavy (non-hydrogen) atoms. The number of rotatable bonds is 2. The standard InChI is InChI=1S/C43H23N5/c44-24-25-17-19-27(20-18-25)39-43(46-35-14-6-5-13-34(35)45-39)48-37-16-8-4-12-30(37)33-23-32-29-11-3-7-15-36(29)47-40-28-10-2-1-9-26(28)21-22-31(40)38(41(32)47)42(33)48/h1-23H. The number of benzene rings is 7. The zero-order valence-corrected chi connectivity index (χ0v) is 25.5. The van der Waals surface area contributed by atoms with Gasteiger partial charge < -0.3 is 4.40 Å². The normalized spacial score (nSPS) is 12.1. The molecule has 0 radical (unpaired) electrons. The van der Waals surface area contributed by atoms with Crippen molar-refractivity contribution >= 4 is 81.7 Å². The molecule has 5 heteroatoms. The maximum atomic E-state index is 9.55. The van der Waals surface area contributed by atoms with E-state index in [1.54, 1.807) is 0 Å². The van der Waals surface area contributed by atoms with Gasteiger partial charge in [0, 0.05) is 43.3 Å². The lowest BCUT2D eigenvalue weighted by molar-refractivity contribution is 1.08. The molecule has 0 aliphatic rings. The number of nitriles is 1. The van der Waals surface area contributed by atoms with E-state index < -0.39 is 0 Å². The summed E-state index contributed by atoms with van der Waals surface area (Å²) in [4.78, 5) is 10.6. The van der Waals surface area contributed by atoms with E-state index in [-0.39, 0.29) is 0 Å². The van der Waals surface area contributed by atoms with Crippen molar-refractivity contribution in [2.75, 3.05) is 0 Å². The van der Waals surface area contributed by atoms with E-state index in [0.717, 1.165) is 44.5 Å². The van der Waals surface area contributed by atoms with Crippen molar-refractivity contribution in [1.82, 2.24) is 18.9 Å². The van der Waals surface area contributed by atoms with E-state index in [0.29, 0.717) is 5.56 Å². The average Bonchev–Trinajstić information content (AvgIpc) is 3.79. The van der Waals surface area contributed by atoms with Gasteiger partial charge in [-0.3, -0.25) is 4.57 Å². The van der Waals surface area contributed by atoms with Gasteiger partial charge in [-0.1, -0.05) is 97.1 Å². The van der Waals surface area contributed by atoms with Crippen LogP contribution in [0.3, 0.4) is 0 Å². The van der Waals surface area contributed by atoms with Gasteiger partial charge in [-0.25, -0.2) is 9.97 Å². The highest BCUT2D eigenvalue weighted by Crippen LogP contribution is 2.48. The summed E-state index contributed by atoms with van der Waals surface area (Å²) >= 11 is 0. The largest absolute Gasteiger partial charge is 0.307 e. The fraction of sp³-hybridized carbons (Fsp3) is 0. The molecule has 220 valence electrons. The number of aromatic nitrogens is 4. The summed E-state index contributed by atoms with van der Waals surface area (Å²) in [6.45, 7) is 0. The monoisotopic (exact) mass is 609 g/mol. The van der Waals surface area contributed by atoms with Crippen molar-refractivity contribution in [3.05, 3.63) is 145 Å². The van der Waals surface area contributed by atoms with E-state index in [4.69, 9.17) is 9.97 Å². The Hall–Kier alpha value is -6.77. The molecule has 0 bridgehead atoms. The average molecular weight is 610 g/mol. The van der Waals surface area contributed by atoms with E-state index in [2.05, 4.69) is 106 Å². The maximum absolute atomic E-state index is 9.55. The molecule has 0 unspecified atom stereocenters. The zero-order chi connectivity index (χ0) is 31.5. The first-order chi connectivity index (χ1) is 23.8. The fourth-order valence-electron chi connectivity index (χ4n) is 8.02. The minimum atomic E-state index is 0.609. The summed E-state index contributed by atoms with van der Waals surface area (Å²) in [6.07, 6.45) is 0. The van der Waals surface area contributed by atoms with Crippen LogP contribution in [0.15, 0.2) is 140 Å². The van der Waals surface area contributed by atoms with E-state index in [1.165, 1.54) is 54.3 Å². The molecule has 0 saturated carbocycles. The zero-order valence-electron chi connectivity index (χ0n) is 25.5. The molecule has 4 heterocycles. The van der Waals surface area contributed by atoms with Crippen LogP contribution < -0.4 is 0 Å². The summed E-state index contributed by atoms with van der Waals surface area (Å²) in [5.74, 6) is 0.761. The molecular formula is C43H23N5. The number of fused-ring (bicyclic) bond motifs is 13. The summed E-state index contributed by atoms with van der Waals surface area (Å²) in [5, 5.41) is 19.2. The smallest absolute Gasteiger partial charge is 0.165 e. The van der Waals surface area contributed by atoms with Gasteiger partial charge in [0.15, 0.2) is 5.82 Å². The fourth-order valence-corrected chi connectivity index (χ4v) is 8.02. The summed E-state index contributed by atoms with van der Waals surface area (Å²) in [6, 6.07) is 51.0. The van der Waals surface area contributed by atoms with Gasteiger partial charge in [-0.15, -0.1) is 0 Å². The van der Waals surface area contributed by atoms with Gasteiger partial charge in [0.25, 0.3) is 0 Å². The van der Waals surface area contributed by atoms with Crippen LogP contribution in [0.1, 0.15) is 5.56 Å². The first-order valence-electron chi connectivity index (χ1n) is 16.1. The Kier molecular flexibility index (Phi) is 4.85. The van der Waals surface area contributed by atoms with Crippen LogP contribution in [0.5, 0.6) is 0 Å². The molecule has 7 aromatic carbocycles. The molecule has 0 saturated heterocycles. The van der Waals surface area contributed by atoms with Crippen LogP contribution in [0, 0.1) is 11.3 Å². The minimum Gasteiger partial charge on any atom is -0.307 e. The Morgan fingerprint density at radius 3 is 1.94 bits per heavy atom. The molecule has 5 nitrogen and oxygen atoms in total. The summed E-state index contributed by atoms with van der Waals surface area (Å²) < 4.78 is 4.81. The predicted molar refractivity (Wildman–Crippen MR) is 196 cm³/mol. The molecule has 0 N–H and O–H groups in total. The third-order valence-electron chi connectivity index (χ3n) is 10.0. The van der Waals surface area contributed by atoms with Crippen LogP contribution in [0.25, 0.3) is 98.8 Å². The third-order valence-corrected chi connectivity index (χ3v) is 10.0. The molecule has 0 fully saturated rings. The minimum absolute atomic E-state index is 0.609. The van der Waals surface area contributed by atoms with E-state index in [9.17, 15) is 5.26 Å². The van der Waals surface area contributed by atoms with Crippen molar-refractivity contribution < 1.29 is 0 Å². The second-order valence-corrected chi connectivity index (χ2v) is 12.5. The molecule has 11 aromatic rings. The summed E-state index contributed by atoms with van der Waals surface area (Å²) in [7, 11) is 0. The molecule has 0 spiro atoms. The quantitative estimate of drug-likeness (QED) is 0.196. The SMILES string of the molecule is N#Cc1ccc(-c2nc3ccccc3nc2-n2c3ccccc3c3cc4c5ccccc5n5c6c7ccccc7ccc6c(c32)c45)cc1. The van der Waals surface area contributed by atoms with Crippen LogP contribution in [-0.2, 0) is 0 Å². The van der Waals surface area contributed by atoms with Crippen molar-refractivity contribution in [2.45, 2.75) is 0 Å². The van der Waals surface area contributed by atoms with Crippen molar-refractivity contribution in [1.29, 1.82) is 5.26 Å². The molecular weight excluding hydrogens is 587 g/mol. The Balaban J connectivity index is 1.42. The Morgan fingerprint density at radius 2 is 1.15 bits per heavy atom. The van der Waals surface area contributed by atoms with Crippen molar-refractivity contribution in [3.8, 4) is 23.1 Å². The van der Waals surface area contributed by atoms with Gasteiger partial charge in [0.05, 0.1) is 50.2 Å². The van der Waals surface area contributed by atoms with E-state index >= 15 is 0 Å². The first kappa shape index (κ1) is 25.4. The molecule has 4 aromatic heterocycles. The first-order valence-corrected chi connectivity index (χ1v) is 16.1. The molecule has 0 atom stereocenters. The van der Waals surface area contributed by atoms with Crippen LogP contribution in [-0.4, -0.2) is 18.9 Å².